The van der Waals surface area contributed by atoms with Crippen LogP contribution in [0, 0.1) is 5.41 Å². The molecule has 0 spiro atoms. The summed E-state index contributed by atoms with van der Waals surface area (Å²) in [5, 5.41) is 0. The minimum Gasteiger partial charge on any atom is -0.349 e. The van der Waals surface area contributed by atoms with Crippen LogP contribution in [-0.4, -0.2) is 43.8 Å². The van der Waals surface area contributed by atoms with Crippen LogP contribution in [-0.2, 0) is 28.5 Å². The van der Waals surface area contributed by atoms with Crippen molar-refractivity contribution in [2.75, 3.05) is 13.7 Å². The number of carbonyl (C=O) groups is 2. The predicted octanol–water partition coefficient (Wildman–Crippen LogP) is 2.03. The van der Waals surface area contributed by atoms with Crippen molar-refractivity contribution in [3.8, 4) is 0 Å². The highest BCUT2D eigenvalue weighted by Gasteiger charge is 2.57. The van der Waals surface area contributed by atoms with E-state index in [1.807, 2.05) is 30.3 Å². The van der Waals surface area contributed by atoms with Gasteiger partial charge in [0.15, 0.2) is 12.1 Å². The molecule has 2 aliphatic rings. The lowest BCUT2D eigenvalue weighted by atomic mass is 9.71. The van der Waals surface area contributed by atoms with Crippen molar-refractivity contribution in [3.63, 3.8) is 0 Å². The molecule has 0 N–H and O–H groups in total. The highest BCUT2D eigenvalue weighted by atomic mass is 16.7. The summed E-state index contributed by atoms with van der Waals surface area (Å²) in [6.45, 7) is 3.49. The van der Waals surface area contributed by atoms with E-state index in [0.29, 0.717) is 0 Å². The fraction of sp³-hybridized carbons (Fsp3) is 0.556. The van der Waals surface area contributed by atoms with E-state index in [4.69, 9.17) is 18.9 Å². The van der Waals surface area contributed by atoms with Gasteiger partial charge in [-0.05, 0) is 13.8 Å². The summed E-state index contributed by atoms with van der Waals surface area (Å²) in [6.07, 6.45) is -2.54. The second kappa shape index (κ2) is 6.72. The largest absolute Gasteiger partial charge is 0.349 e. The molecule has 0 amide bonds. The van der Waals surface area contributed by atoms with Gasteiger partial charge < -0.3 is 18.9 Å². The normalized spacial score (nSPS) is 36.2. The van der Waals surface area contributed by atoms with E-state index in [9.17, 15) is 9.59 Å². The zero-order valence-corrected chi connectivity index (χ0v) is 14.1. The number of methoxy groups -OCH3 is 1. The van der Waals surface area contributed by atoms with Gasteiger partial charge in [0.1, 0.15) is 18.0 Å². The quantitative estimate of drug-likeness (QED) is 0.839. The summed E-state index contributed by atoms with van der Waals surface area (Å²) < 4.78 is 22.7. The fourth-order valence-electron chi connectivity index (χ4n) is 3.48. The zero-order chi connectivity index (χ0) is 17.3. The zero-order valence-electron chi connectivity index (χ0n) is 14.1. The molecule has 6 nitrogen and oxygen atoms in total. The summed E-state index contributed by atoms with van der Waals surface area (Å²) in [6, 6.07) is 9.50. The Hall–Kier alpha value is -1.60. The van der Waals surface area contributed by atoms with Gasteiger partial charge in [0.05, 0.1) is 12.0 Å². The van der Waals surface area contributed by atoms with Crippen LogP contribution in [0.1, 0.15) is 32.1 Å². The lowest BCUT2D eigenvalue weighted by Gasteiger charge is -2.49. The van der Waals surface area contributed by atoms with Crippen LogP contribution in [0.5, 0.6) is 0 Å². The average Bonchev–Trinajstić information content (AvgIpc) is 2.58. The third-order valence-electron chi connectivity index (χ3n) is 4.63. The van der Waals surface area contributed by atoms with Gasteiger partial charge in [0.25, 0.3) is 0 Å². The van der Waals surface area contributed by atoms with E-state index in [-0.39, 0.29) is 24.6 Å². The van der Waals surface area contributed by atoms with Gasteiger partial charge >= 0.3 is 0 Å². The first-order chi connectivity index (χ1) is 11.5. The average molecular weight is 334 g/mol. The minimum atomic E-state index is -1.01. The molecule has 3 rings (SSSR count). The van der Waals surface area contributed by atoms with Crippen LogP contribution in [0.15, 0.2) is 30.3 Å². The Balaban J connectivity index is 1.90. The molecule has 5 atom stereocenters. The Morgan fingerprint density at radius 1 is 1.29 bits per heavy atom. The Morgan fingerprint density at radius 2 is 2.00 bits per heavy atom. The molecule has 1 aromatic rings. The van der Waals surface area contributed by atoms with Gasteiger partial charge in [-0.15, -0.1) is 0 Å². The standard InChI is InChI=1S/C18H22O6/c1-11(19)9-18(2)14(20)17(21-3)23-13-10-22-16(24-15(13)18)12-7-5-4-6-8-12/h4-8,13,15-17H,9-10H2,1-3H3/t13-,15-,16?,17+,18-/m1/s1. The number of carbonyl (C=O) groups excluding carboxylic acids is 2. The molecular weight excluding hydrogens is 312 g/mol. The predicted molar refractivity (Wildman–Crippen MR) is 84.1 cm³/mol. The topological polar surface area (TPSA) is 71.1 Å². The van der Waals surface area contributed by atoms with Crippen LogP contribution in [0.2, 0.25) is 0 Å². The Kier molecular flexibility index (Phi) is 4.83. The number of Topliss-reactive ketones (excluding diaryl/α,β-unsaturated/α-hetero) is 2. The minimum absolute atomic E-state index is 0.0762. The Morgan fingerprint density at radius 3 is 2.62 bits per heavy atom. The van der Waals surface area contributed by atoms with Gasteiger partial charge in [-0.2, -0.15) is 0 Å². The van der Waals surface area contributed by atoms with Crippen molar-refractivity contribution in [2.45, 2.75) is 45.1 Å². The molecule has 0 radical (unpaired) electrons. The van der Waals surface area contributed by atoms with Crippen molar-refractivity contribution >= 4 is 11.6 Å². The van der Waals surface area contributed by atoms with Crippen LogP contribution in [0.25, 0.3) is 0 Å². The molecule has 2 saturated heterocycles. The third-order valence-corrected chi connectivity index (χ3v) is 4.63. The van der Waals surface area contributed by atoms with E-state index in [1.54, 1.807) is 6.92 Å². The van der Waals surface area contributed by atoms with Crippen molar-refractivity contribution in [2.24, 2.45) is 5.41 Å². The van der Waals surface area contributed by atoms with Gasteiger partial charge in [-0.1, -0.05) is 30.3 Å². The van der Waals surface area contributed by atoms with Crippen LogP contribution in [0.4, 0.5) is 0 Å². The molecule has 130 valence electrons. The monoisotopic (exact) mass is 334 g/mol. The highest BCUT2D eigenvalue weighted by Crippen LogP contribution is 2.44. The third kappa shape index (κ3) is 3.02. The molecule has 2 heterocycles. The Labute approximate surface area is 141 Å². The first kappa shape index (κ1) is 17.2. The summed E-state index contributed by atoms with van der Waals surface area (Å²) in [7, 11) is 1.41. The van der Waals surface area contributed by atoms with E-state index in [0.717, 1.165) is 5.56 Å². The number of benzene rings is 1. The maximum absolute atomic E-state index is 12.8. The lowest BCUT2D eigenvalue weighted by molar-refractivity contribution is -0.324. The fourth-order valence-corrected chi connectivity index (χ4v) is 3.48. The Bertz CT molecular complexity index is 615. The first-order valence-electron chi connectivity index (χ1n) is 7.99. The molecule has 0 aliphatic carbocycles. The number of rotatable bonds is 4. The second-order valence-electron chi connectivity index (χ2n) is 6.54. The van der Waals surface area contributed by atoms with E-state index >= 15 is 0 Å². The first-order valence-corrected chi connectivity index (χ1v) is 7.99. The molecule has 0 bridgehead atoms. The number of fused-ring (bicyclic) bond motifs is 1. The summed E-state index contributed by atoms with van der Waals surface area (Å²) in [5.74, 6) is -0.345. The second-order valence-corrected chi connectivity index (χ2v) is 6.54. The van der Waals surface area contributed by atoms with Gasteiger partial charge in [-0.3, -0.25) is 9.59 Å². The maximum Gasteiger partial charge on any atom is 0.218 e. The van der Waals surface area contributed by atoms with Crippen molar-refractivity contribution in [3.05, 3.63) is 35.9 Å². The number of ether oxygens (including phenoxy) is 4. The van der Waals surface area contributed by atoms with Crippen molar-refractivity contribution in [1.29, 1.82) is 0 Å². The van der Waals surface area contributed by atoms with Crippen LogP contribution in [0.3, 0.4) is 0 Å². The molecular formula is C18H22O6. The van der Waals surface area contributed by atoms with Crippen molar-refractivity contribution < 1.29 is 28.5 Å². The SMILES string of the molecule is CO[C@H]1O[C@@H]2COC(c3ccccc3)O[C@H]2[C@](C)(CC(C)=O)C1=O. The van der Waals surface area contributed by atoms with E-state index in [2.05, 4.69) is 0 Å². The van der Waals surface area contributed by atoms with E-state index in [1.165, 1.54) is 14.0 Å². The smallest absolute Gasteiger partial charge is 0.218 e. The van der Waals surface area contributed by atoms with Crippen LogP contribution < -0.4 is 0 Å². The molecule has 0 saturated carbocycles. The summed E-state index contributed by atoms with van der Waals surface area (Å²) in [4.78, 5) is 24.6. The van der Waals surface area contributed by atoms with Gasteiger partial charge in [0, 0.05) is 19.1 Å². The molecule has 2 fully saturated rings. The van der Waals surface area contributed by atoms with E-state index < -0.39 is 30.2 Å². The summed E-state index contributed by atoms with van der Waals surface area (Å²) in [5.41, 5.74) is -0.144. The van der Waals surface area contributed by atoms with Crippen molar-refractivity contribution in [1.82, 2.24) is 0 Å². The van der Waals surface area contributed by atoms with Gasteiger partial charge in [-0.25, -0.2) is 0 Å². The maximum atomic E-state index is 12.8. The molecule has 2 aliphatic heterocycles. The molecule has 6 heteroatoms. The molecule has 0 aromatic heterocycles. The molecule has 24 heavy (non-hydrogen) atoms. The number of ketones is 2. The summed E-state index contributed by atoms with van der Waals surface area (Å²) >= 11 is 0. The van der Waals surface area contributed by atoms with Gasteiger partial charge in [0.2, 0.25) is 6.29 Å². The number of hydrogen-bond donors (Lipinski definition) is 0. The highest BCUT2D eigenvalue weighted by molar-refractivity contribution is 5.93. The number of hydrogen-bond acceptors (Lipinski definition) is 6. The van der Waals surface area contributed by atoms with Crippen LogP contribution >= 0.6 is 0 Å². The molecule has 1 aromatic carbocycles. The molecule has 1 unspecified atom stereocenters. The lowest BCUT2D eigenvalue weighted by Crippen LogP contribution is -2.63.